The molecule has 0 saturated carbocycles. The molecule has 18 heavy (non-hydrogen) atoms. The quantitative estimate of drug-likeness (QED) is 0.647. The van der Waals surface area contributed by atoms with Crippen LogP contribution in [0.5, 0.6) is 0 Å². The summed E-state index contributed by atoms with van der Waals surface area (Å²) in [6.07, 6.45) is 0.287. The predicted octanol–water partition coefficient (Wildman–Crippen LogP) is -0.551. The molecule has 0 bridgehead atoms. The van der Waals surface area contributed by atoms with E-state index in [4.69, 9.17) is 0 Å². The summed E-state index contributed by atoms with van der Waals surface area (Å²) in [6, 6.07) is 0. The molecule has 6 nitrogen and oxygen atoms in total. The van der Waals surface area contributed by atoms with Gasteiger partial charge in [0, 0.05) is 45.4 Å². The second-order valence-corrected chi connectivity index (χ2v) is 4.60. The van der Waals surface area contributed by atoms with E-state index in [0.717, 1.165) is 0 Å². The summed E-state index contributed by atoms with van der Waals surface area (Å²) in [4.78, 5) is 37.6. The van der Waals surface area contributed by atoms with Crippen molar-refractivity contribution < 1.29 is 14.4 Å². The molecule has 1 aliphatic rings. The van der Waals surface area contributed by atoms with Gasteiger partial charge >= 0.3 is 0 Å². The van der Waals surface area contributed by atoms with Crippen LogP contribution in [0, 0.1) is 5.92 Å². The fraction of sp³-hybridized carbons (Fsp3) is 0.750. The van der Waals surface area contributed by atoms with E-state index in [1.165, 1.54) is 11.8 Å². The zero-order chi connectivity index (χ0) is 13.7. The standard InChI is InChI=1S/C12H21N3O3/c1-9-8-11(17)15(12(9)18)7-6-14(10(2)16)5-4-13-3/h9,13H,4-8H2,1-3H3. The molecule has 0 aromatic heterocycles. The molecule has 1 aliphatic heterocycles. The summed E-state index contributed by atoms with van der Waals surface area (Å²) >= 11 is 0. The number of carbonyl (C=O) groups is 3. The van der Waals surface area contributed by atoms with Crippen LogP contribution < -0.4 is 5.32 Å². The molecule has 0 radical (unpaired) electrons. The van der Waals surface area contributed by atoms with Gasteiger partial charge in [-0.3, -0.25) is 19.3 Å². The lowest BCUT2D eigenvalue weighted by molar-refractivity contribution is -0.141. The molecule has 1 heterocycles. The largest absolute Gasteiger partial charge is 0.340 e. The minimum atomic E-state index is -0.222. The van der Waals surface area contributed by atoms with E-state index >= 15 is 0 Å². The number of carbonyl (C=O) groups excluding carboxylic acids is 3. The van der Waals surface area contributed by atoms with Crippen LogP contribution in [0.4, 0.5) is 0 Å². The zero-order valence-electron chi connectivity index (χ0n) is 11.2. The first-order valence-corrected chi connectivity index (χ1v) is 6.21. The number of amides is 3. The highest BCUT2D eigenvalue weighted by atomic mass is 16.2. The summed E-state index contributed by atoms with van der Waals surface area (Å²) < 4.78 is 0. The van der Waals surface area contributed by atoms with E-state index in [9.17, 15) is 14.4 Å². The Morgan fingerprint density at radius 1 is 1.44 bits per heavy atom. The SMILES string of the molecule is CNCCN(CCN1C(=O)CC(C)C1=O)C(C)=O. The van der Waals surface area contributed by atoms with E-state index in [1.54, 1.807) is 11.8 Å². The second-order valence-electron chi connectivity index (χ2n) is 4.60. The maximum atomic E-state index is 11.7. The maximum absolute atomic E-state index is 11.7. The minimum Gasteiger partial charge on any atom is -0.340 e. The number of nitrogens with zero attached hydrogens (tertiary/aromatic N) is 2. The first-order valence-electron chi connectivity index (χ1n) is 6.21. The van der Waals surface area contributed by atoms with E-state index in [0.29, 0.717) is 26.2 Å². The van der Waals surface area contributed by atoms with Crippen LogP contribution in [-0.2, 0) is 14.4 Å². The Hall–Kier alpha value is -1.43. The predicted molar refractivity (Wildman–Crippen MR) is 66.7 cm³/mol. The molecule has 3 amide bonds. The fourth-order valence-electron chi connectivity index (χ4n) is 1.98. The van der Waals surface area contributed by atoms with Crippen LogP contribution in [0.25, 0.3) is 0 Å². The molecule has 102 valence electrons. The number of likely N-dealkylation sites (N-methyl/N-ethyl adjacent to an activating group) is 1. The van der Waals surface area contributed by atoms with Gasteiger partial charge in [0.15, 0.2) is 0 Å². The third kappa shape index (κ3) is 3.53. The van der Waals surface area contributed by atoms with Gasteiger partial charge in [0.2, 0.25) is 17.7 Å². The molecule has 6 heteroatoms. The van der Waals surface area contributed by atoms with Gasteiger partial charge in [-0.05, 0) is 7.05 Å². The molecule has 1 rings (SSSR count). The molecule has 1 fully saturated rings. The van der Waals surface area contributed by atoms with E-state index in [2.05, 4.69) is 5.32 Å². The fourth-order valence-corrected chi connectivity index (χ4v) is 1.98. The lowest BCUT2D eigenvalue weighted by Gasteiger charge is -2.23. The summed E-state index contributed by atoms with van der Waals surface area (Å²) in [7, 11) is 1.81. The van der Waals surface area contributed by atoms with Crippen molar-refractivity contribution in [2.45, 2.75) is 20.3 Å². The third-order valence-electron chi connectivity index (χ3n) is 3.14. The smallest absolute Gasteiger partial charge is 0.232 e. The van der Waals surface area contributed by atoms with Gasteiger partial charge in [0.05, 0.1) is 0 Å². The molecule has 1 unspecified atom stereocenters. The Kier molecular flexibility index (Phi) is 5.27. The lowest BCUT2D eigenvalue weighted by atomic mass is 10.1. The van der Waals surface area contributed by atoms with Gasteiger partial charge in [-0.2, -0.15) is 0 Å². The second kappa shape index (κ2) is 6.49. The van der Waals surface area contributed by atoms with Crippen molar-refractivity contribution in [1.82, 2.24) is 15.1 Å². The van der Waals surface area contributed by atoms with Crippen molar-refractivity contribution in [2.75, 3.05) is 33.2 Å². The van der Waals surface area contributed by atoms with E-state index < -0.39 is 0 Å². The first kappa shape index (κ1) is 14.6. The molecule has 0 aromatic rings. The third-order valence-corrected chi connectivity index (χ3v) is 3.14. The Bertz CT molecular complexity index is 343. The maximum Gasteiger partial charge on any atom is 0.232 e. The van der Waals surface area contributed by atoms with Gasteiger partial charge in [-0.1, -0.05) is 6.92 Å². The molecular weight excluding hydrogens is 234 g/mol. The van der Waals surface area contributed by atoms with Crippen molar-refractivity contribution in [1.29, 1.82) is 0 Å². The number of rotatable bonds is 6. The highest BCUT2D eigenvalue weighted by Crippen LogP contribution is 2.18. The van der Waals surface area contributed by atoms with Crippen LogP contribution in [-0.4, -0.2) is 60.7 Å². The van der Waals surface area contributed by atoms with Gasteiger partial charge in [0.25, 0.3) is 0 Å². The van der Waals surface area contributed by atoms with Crippen LogP contribution >= 0.6 is 0 Å². The molecule has 1 N–H and O–H groups in total. The molecule has 1 saturated heterocycles. The lowest BCUT2D eigenvalue weighted by Crippen LogP contribution is -2.42. The Labute approximate surface area is 107 Å². The van der Waals surface area contributed by atoms with Crippen LogP contribution in [0.3, 0.4) is 0 Å². The Morgan fingerprint density at radius 2 is 2.11 bits per heavy atom. The van der Waals surface area contributed by atoms with Gasteiger partial charge in [-0.15, -0.1) is 0 Å². The van der Waals surface area contributed by atoms with Crippen LogP contribution in [0.2, 0.25) is 0 Å². The topological polar surface area (TPSA) is 69.7 Å². The minimum absolute atomic E-state index is 0.0441. The zero-order valence-corrected chi connectivity index (χ0v) is 11.2. The average molecular weight is 255 g/mol. The van der Waals surface area contributed by atoms with Gasteiger partial charge < -0.3 is 10.2 Å². The van der Waals surface area contributed by atoms with Crippen molar-refractivity contribution in [2.24, 2.45) is 5.92 Å². The number of imide groups is 1. The van der Waals surface area contributed by atoms with E-state index in [1.807, 2.05) is 7.05 Å². The van der Waals surface area contributed by atoms with Gasteiger partial charge in [0.1, 0.15) is 0 Å². The summed E-state index contributed by atoms with van der Waals surface area (Å²) in [5.41, 5.74) is 0. The molecule has 0 aromatic carbocycles. The summed E-state index contributed by atoms with van der Waals surface area (Å²) in [5.74, 6) is -0.528. The summed E-state index contributed by atoms with van der Waals surface area (Å²) in [6.45, 7) is 5.22. The highest BCUT2D eigenvalue weighted by molar-refractivity contribution is 6.03. The molecule has 1 atom stereocenters. The summed E-state index contributed by atoms with van der Waals surface area (Å²) in [5, 5.41) is 2.96. The number of likely N-dealkylation sites (tertiary alicyclic amines) is 1. The molecule has 0 spiro atoms. The Morgan fingerprint density at radius 3 is 2.56 bits per heavy atom. The molecular formula is C12H21N3O3. The monoisotopic (exact) mass is 255 g/mol. The first-order chi connectivity index (χ1) is 8.47. The normalized spacial score (nSPS) is 19.5. The average Bonchev–Trinajstić information content (AvgIpc) is 2.54. The number of hydrogen-bond acceptors (Lipinski definition) is 4. The van der Waals surface area contributed by atoms with Gasteiger partial charge in [-0.25, -0.2) is 0 Å². The molecule has 0 aliphatic carbocycles. The van der Waals surface area contributed by atoms with Crippen molar-refractivity contribution in [3.05, 3.63) is 0 Å². The van der Waals surface area contributed by atoms with Crippen molar-refractivity contribution >= 4 is 17.7 Å². The van der Waals surface area contributed by atoms with Crippen molar-refractivity contribution in [3.63, 3.8) is 0 Å². The number of nitrogens with one attached hydrogen (secondary N) is 1. The van der Waals surface area contributed by atoms with Crippen LogP contribution in [0.1, 0.15) is 20.3 Å². The highest BCUT2D eigenvalue weighted by Gasteiger charge is 2.35. The van der Waals surface area contributed by atoms with Crippen molar-refractivity contribution in [3.8, 4) is 0 Å². The van der Waals surface area contributed by atoms with E-state index in [-0.39, 0.29) is 30.1 Å². The van der Waals surface area contributed by atoms with Crippen LogP contribution in [0.15, 0.2) is 0 Å². The number of hydrogen-bond donors (Lipinski definition) is 1. The Balaban J connectivity index is 2.49.